The van der Waals surface area contributed by atoms with Crippen molar-refractivity contribution in [3.8, 4) is 0 Å². The largest absolute Gasteiger partial charge is 0.378 e. The standard InChI is InChI=1S/C14H19Cl2NO/c1-17-14(9-11-4-2-3-7-18-11)10-5-6-12(15)13(16)8-10/h5-6,8,11,14,17H,2-4,7,9H2,1H3. The monoisotopic (exact) mass is 287 g/mol. The van der Waals surface area contributed by atoms with Crippen molar-refractivity contribution in [3.05, 3.63) is 33.8 Å². The van der Waals surface area contributed by atoms with Gasteiger partial charge in [-0.05, 0) is 50.4 Å². The predicted molar refractivity (Wildman–Crippen MR) is 76.5 cm³/mol. The van der Waals surface area contributed by atoms with Crippen LogP contribution in [-0.4, -0.2) is 19.8 Å². The van der Waals surface area contributed by atoms with Crippen molar-refractivity contribution in [2.45, 2.75) is 37.8 Å². The van der Waals surface area contributed by atoms with E-state index in [-0.39, 0.29) is 6.04 Å². The Hall–Kier alpha value is -0.280. The molecule has 1 heterocycles. The molecule has 0 aliphatic carbocycles. The highest BCUT2D eigenvalue weighted by atomic mass is 35.5. The number of hydrogen-bond donors (Lipinski definition) is 1. The van der Waals surface area contributed by atoms with Gasteiger partial charge < -0.3 is 10.1 Å². The number of halogens is 2. The second-order valence-electron chi connectivity index (χ2n) is 4.74. The van der Waals surface area contributed by atoms with Crippen LogP contribution in [0.3, 0.4) is 0 Å². The molecule has 2 unspecified atom stereocenters. The van der Waals surface area contributed by atoms with Crippen LogP contribution in [0.4, 0.5) is 0 Å². The Kier molecular flexibility index (Phi) is 5.31. The molecule has 2 rings (SSSR count). The second kappa shape index (κ2) is 6.76. The lowest BCUT2D eigenvalue weighted by Gasteiger charge is -2.27. The Bertz CT molecular complexity index is 391. The summed E-state index contributed by atoms with van der Waals surface area (Å²) in [6, 6.07) is 6.08. The van der Waals surface area contributed by atoms with Gasteiger partial charge in [0, 0.05) is 12.6 Å². The summed E-state index contributed by atoms with van der Waals surface area (Å²) in [5.41, 5.74) is 1.17. The van der Waals surface area contributed by atoms with Crippen LogP contribution in [0, 0.1) is 0 Å². The lowest BCUT2D eigenvalue weighted by Crippen LogP contribution is -2.26. The van der Waals surface area contributed by atoms with Gasteiger partial charge in [0.15, 0.2) is 0 Å². The van der Waals surface area contributed by atoms with Gasteiger partial charge in [-0.25, -0.2) is 0 Å². The lowest BCUT2D eigenvalue weighted by molar-refractivity contribution is 0.00548. The quantitative estimate of drug-likeness (QED) is 0.896. The van der Waals surface area contributed by atoms with Crippen molar-refractivity contribution in [3.63, 3.8) is 0 Å². The fraction of sp³-hybridized carbons (Fsp3) is 0.571. The molecule has 1 saturated heterocycles. The van der Waals surface area contributed by atoms with Gasteiger partial charge in [0.05, 0.1) is 16.1 Å². The van der Waals surface area contributed by atoms with Gasteiger partial charge in [-0.3, -0.25) is 0 Å². The van der Waals surface area contributed by atoms with Crippen LogP contribution in [0.15, 0.2) is 18.2 Å². The van der Waals surface area contributed by atoms with E-state index in [0.717, 1.165) is 19.4 Å². The Morgan fingerprint density at radius 3 is 2.78 bits per heavy atom. The zero-order chi connectivity index (χ0) is 13.0. The minimum atomic E-state index is 0.267. The third-order valence-electron chi connectivity index (χ3n) is 3.47. The number of hydrogen-bond acceptors (Lipinski definition) is 2. The molecule has 0 saturated carbocycles. The third kappa shape index (κ3) is 3.61. The van der Waals surface area contributed by atoms with E-state index in [9.17, 15) is 0 Å². The van der Waals surface area contributed by atoms with Crippen molar-refractivity contribution < 1.29 is 4.74 Å². The first kappa shape index (κ1) is 14.1. The van der Waals surface area contributed by atoms with Crippen molar-refractivity contribution >= 4 is 23.2 Å². The average molecular weight is 288 g/mol. The van der Waals surface area contributed by atoms with Crippen molar-refractivity contribution in [2.24, 2.45) is 0 Å². The van der Waals surface area contributed by atoms with Crippen LogP contribution >= 0.6 is 23.2 Å². The highest BCUT2D eigenvalue weighted by Crippen LogP contribution is 2.29. The lowest BCUT2D eigenvalue weighted by atomic mass is 9.97. The first-order chi connectivity index (χ1) is 8.70. The number of benzene rings is 1. The summed E-state index contributed by atoms with van der Waals surface area (Å²) in [7, 11) is 1.97. The maximum atomic E-state index is 6.07. The maximum absolute atomic E-state index is 6.07. The summed E-state index contributed by atoms with van der Waals surface area (Å²) >= 11 is 12.0. The van der Waals surface area contributed by atoms with Crippen molar-refractivity contribution in [1.29, 1.82) is 0 Å². The Balaban J connectivity index is 2.04. The molecule has 2 nitrogen and oxygen atoms in total. The van der Waals surface area contributed by atoms with Crippen LogP contribution < -0.4 is 5.32 Å². The van der Waals surface area contributed by atoms with Gasteiger partial charge in [0.1, 0.15) is 0 Å². The molecule has 1 fully saturated rings. The van der Waals surface area contributed by atoms with E-state index in [1.54, 1.807) is 0 Å². The van der Waals surface area contributed by atoms with Crippen LogP contribution in [0.5, 0.6) is 0 Å². The van der Waals surface area contributed by atoms with Gasteiger partial charge >= 0.3 is 0 Å². The number of ether oxygens (including phenoxy) is 1. The molecule has 18 heavy (non-hydrogen) atoms. The molecule has 1 aliphatic heterocycles. The molecule has 100 valence electrons. The summed E-state index contributed by atoms with van der Waals surface area (Å²) in [6.07, 6.45) is 4.94. The summed E-state index contributed by atoms with van der Waals surface area (Å²) < 4.78 is 5.79. The minimum absolute atomic E-state index is 0.267. The van der Waals surface area contributed by atoms with Crippen LogP contribution in [0.25, 0.3) is 0 Å². The minimum Gasteiger partial charge on any atom is -0.378 e. The molecule has 0 spiro atoms. The fourth-order valence-corrected chi connectivity index (χ4v) is 2.71. The smallest absolute Gasteiger partial charge is 0.0595 e. The summed E-state index contributed by atoms with van der Waals surface area (Å²) in [6.45, 7) is 0.891. The zero-order valence-corrected chi connectivity index (χ0v) is 12.1. The third-order valence-corrected chi connectivity index (χ3v) is 4.21. The second-order valence-corrected chi connectivity index (χ2v) is 5.55. The molecule has 1 N–H and O–H groups in total. The summed E-state index contributed by atoms with van der Waals surface area (Å²) in [5, 5.41) is 4.54. The average Bonchev–Trinajstić information content (AvgIpc) is 2.40. The molecule has 2 atom stereocenters. The van der Waals surface area contributed by atoms with E-state index in [1.807, 2.05) is 25.2 Å². The zero-order valence-electron chi connectivity index (χ0n) is 10.6. The molecule has 1 aliphatic rings. The molecule has 0 amide bonds. The van der Waals surface area contributed by atoms with Crippen molar-refractivity contribution in [2.75, 3.05) is 13.7 Å². The number of nitrogens with one attached hydrogen (secondary N) is 1. The topological polar surface area (TPSA) is 21.3 Å². The first-order valence-electron chi connectivity index (χ1n) is 6.44. The van der Waals surface area contributed by atoms with Crippen LogP contribution in [0.2, 0.25) is 10.0 Å². The first-order valence-corrected chi connectivity index (χ1v) is 7.20. The van der Waals surface area contributed by atoms with E-state index in [2.05, 4.69) is 5.32 Å². The molecular formula is C14H19Cl2NO. The van der Waals surface area contributed by atoms with E-state index in [1.165, 1.54) is 18.4 Å². The van der Waals surface area contributed by atoms with Crippen LogP contribution in [-0.2, 0) is 4.74 Å². The highest BCUT2D eigenvalue weighted by molar-refractivity contribution is 6.42. The highest BCUT2D eigenvalue weighted by Gasteiger charge is 2.20. The molecule has 0 bridgehead atoms. The summed E-state index contributed by atoms with van der Waals surface area (Å²) in [4.78, 5) is 0. The normalized spacial score (nSPS) is 21.8. The molecule has 1 aromatic rings. The van der Waals surface area contributed by atoms with Gasteiger partial charge in [-0.1, -0.05) is 29.3 Å². The van der Waals surface area contributed by atoms with Crippen molar-refractivity contribution in [1.82, 2.24) is 5.32 Å². The maximum Gasteiger partial charge on any atom is 0.0595 e. The number of rotatable bonds is 4. The fourth-order valence-electron chi connectivity index (χ4n) is 2.41. The Morgan fingerprint density at radius 1 is 1.33 bits per heavy atom. The van der Waals surface area contributed by atoms with Gasteiger partial charge in [0.2, 0.25) is 0 Å². The molecular weight excluding hydrogens is 269 g/mol. The van der Waals surface area contributed by atoms with E-state index in [4.69, 9.17) is 27.9 Å². The molecule has 0 aromatic heterocycles. The van der Waals surface area contributed by atoms with Crippen LogP contribution in [0.1, 0.15) is 37.3 Å². The molecule has 1 aromatic carbocycles. The Morgan fingerprint density at radius 2 is 2.17 bits per heavy atom. The van der Waals surface area contributed by atoms with Gasteiger partial charge in [-0.15, -0.1) is 0 Å². The van der Waals surface area contributed by atoms with Gasteiger partial charge in [-0.2, -0.15) is 0 Å². The Labute approximate surface area is 119 Å². The molecule has 0 radical (unpaired) electrons. The summed E-state index contributed by atoms with van der Waals surface area (Å²) in [5.74, 6) is 0. The van der Waals surface area contributed by atoms with Gasteiger partial charge in [0.25, 0.3) is 0 Å². The van der Waals surface area contributed by atoms with E-state index >= 15 is 0 Å². The predicted octanol–water partition coefficient (Wildman–Crippen LogP) is 4.21. The van der Waals surface area contributed by atoms with E-state index < -0.39 is 0 Å². The van der Waals surface area contributed by atoms with E-state index in [0.29, 0.717) is 16.1 Å². The molecule has 4 heteroatoms. The SMILES string of the molecule is CNC(CC1CCCCO1)c1ccc(Cl)c(Cl)c1.